The zero-order chi connectivity index (χ0) is 13.6. The number of rotatable bonds is 1. The Bertz CT molecular complexity index is 607. The molecule has 0 amide bonds. The monoisotopic (exact) mass is 370 g/mol. The van der Waals surface area contributed by atoms with Crippen LogP contribution in [0, 0.1) is 40.7 Å². The minimum Gasteiger partial charge on any atom is -0.232 e. The maximum atomic E-state index is 13.7. The number of aromatic nitrogens is 2. The van der Waals surface area contributed by atoms with Crippen LogP contribution in [-0.2, 0) is 0 Å². The van der Waals surface area contributed by atoms with Crippen LogP contribution in [0.1, 0.15) is 11.4 Å². The third kappa shape index (κ3) is 1.90. The summed E-state index contributed by atoms with van der Waals surface area (Å²) in [4.78, 5) is 0. The fourth-order valence-electron chi connectivity index (χ4n) is 1.63. The second kappa shape index (κ2) is 4.52. The molecule has 0 spiro atoms. The first-order valence-corrected chi connectivity index (χ1v) is 5.97. The molecule has 2 nitrogen and oxygen atoms in total. The van der Waals surface area contributed by atoms with Crippen molar-refractivity contribution >= 4 is 22.6 Å². The van der Waals surface area contributed by atoms with Gasteiger partial charge in [-0.15, -0.1) is 0 Å². The van der Waals surface area contributed by atoms with Crippen molar-refractivity contribution in [3.8, 4) is 5.69 Å². The number of nitrogens with zero attached hydrogens (tertiary/aromatic N) is 2. The average Bonchev–Trinajstić information content (AvgIpc) is 2.64. The van der Waals surface area contributed by atoms with E-state index >= 15 is 0 Å². The fraction of sp³-hybridized carbons (Fsp3) is 0.182. The highest BCUT2D eigenvalue weighted by Gasteiger charge is 2.26. The lowest BCUT2D eigenvalue weighted by Gasteiger charge is -2.10. The largest absolute Gasteiger partial charge is 0.232 e. The quantitative estimate of drug-likeness (QED) is 0.324. The van der Waals surface area contributed by atoms with Crippen LogP contribution in [0.2, 0.25) is 0 Å². The molecule has 18 heavy (non-hydrogen) atoms. The maximum absolute atomic E-state index is 13.7. The molecule has 0 saturated heterocycles. The van der Waals surface area contributed by atoms with Crippen molar-refractivity contribution in [2.45, 2.75) is 13.8 Å². The second-order valence-corrected chi connectivity index (χ2v) is 4.84. The van der Waals surface area contributed by atoms with Crippen molar-refractivity contribution in [2.75, 3.05) is 0 Å². The molecule has 0 fully saturated rings. The van der Waals surface area contributed by atoms with Gasteiger partial charge in [0, 0.05) is 5.69 Å². The molecule has 2 rings (SSSR count). The van der Waals surface area contributed by atoms with Gasteiger partial charge in [0.25, 0.3) is 0 Å². The molecule has 96 valence electrons. The fourth-order valence-corrected chi connectivity index (χ4v) is 2.11. The van der Waals surface area contributed by atoms with E-state index in [0.717, 1.165) is 4.68 Å². The molecule has 0 aliphatic rings. The van der Waals surface area contributed by atoms with E-state index in [-0.39, 0.29) is 0 Å². The van der Waals surface area contributed by atoms with Gasteiger partial charge in [-0.1, -0.05) is 0 Å². The Morgan fingerprint density at radius 1 is 1.00 bits per heavy atom. The molecule has 2 aromatic rings. The molecule has 0 saturated carbocycles. The summed E-state index contributed by atoms with van der Waals surface area (Å²) in [5.41, 5.74) is 0.0343. The van der Waals surface area contributed by atoms with Crippen molar-refractivity contribution in [3.63, 3.8) is 0 Å². The molecule has 0 aliphatic carbocycles. The van der Waals surface area contributed by atoms with E-state index in [1.54, 1.807) is 13.0 Å². The summed E-state index contributed by atoms with van der Waals surface area (Å²) >= 11 is 1.21. The molecule has 1 aromatic heterocycles. The van der Waals surface area contributed by atoms with Crippen LogP contribution >= 0.6 is 22.6 Å². The van der Waals surface area contributed by atoms with Crippen molar-refractivity contribution in [2.24, 2.45) is 0 Å². The Labute approximate surface area is 114 Å². The van der Waals surface area contributed by atoms with Gasteiger partial charge in [-0.2, -0.15) is 5.10 Å². The van der Waals surface area contributed by atoms with Gasteiger partial charge in [0.15, 0.2) is 23.3 Å². The molecular formula is C11H7F4IN2. The van der Waals surface area contributed by atoms with Crippen LogP contribution in [0.25, 0.3) is 5.69 Å². The molecular weight excluding hydrogens is 363 g/mol. The van der Waals surface area contributed by atoms with Gasteiger partial charge in [0.2, 0.25) is 0 Å². The Hall–Kier alpha value is -1.12. The lowest BCUT2D eigenvalue weighted by molar-refractivity contribution is 0.435. The zero-order valence-corrected chi connectivity index (χ0v) is 11.5. The molecule has 0 N–H and O–H groups in total. The highest BCUT2D eigenvalue weighted by atomic mass is 127. The molecule has 1 heterocycles. The van der Waals surface area contributed by atoms with Crippen LogP contribution in [-0.4, -0.2) is 9.78 Å². The molecule has 0 aliphatic heterocycles. The van der Waals surface area contributed by atoms with Crippen LogP contribution in [0.4, 0.5) is 17.6 Å². The van der Waals surface area contributed by atoms with E-state index in [2.05, 4.69) is 5.10 Å². The summed E-state index contributed by atoms with van der Waals surface area (Å²) in [7, 11) is 0. The van der Waals surface area contributed by atoms with Gasteiger partial charge in [-0.3, -0.25) is 0 Å². The first kappa shape index (κ1) is 13.3. The summed E-state index contributed by atoms with van der Waals surface area (Å²) in [6, 6.07) is 1.55. The van der Waals surface area contributed by atoms with E-state index in [9.17, 15) is 17.6 Å². The van der Waals surface area contributed by atoms with E-state index in [1.807, 2.05) is 0 Å². The smallest absolute Gasteiger partial charge is 0.188 e. The Morgan fingerprint density at radius 2 is 1.50 bits per heavy atom. The van der Waals surface area contributed by atoms with Gasteiger partial charge < -0.3 is 0 Å². The van der Waals surface area contributed by atoms with Gasteiger partial charge in [-0.25, -0.2) is 22.2 Å². The first-order valence-electron chi connectivity index (χ1n) is 4.89. The van der Waals surface area contributed by atoms with Crippen molar-refractivity contribution in [1.29, 1.82) is 0 Å². The molecule has 0 atom stereocenters. The SMILES string of the molecule is Cc1cc(C)n(-c2c(F)c(F)c(I)c(F)c2F)n1. The number of halogens is 5. The summed E-state index contributed by atoms with van der Waals surface area (Å²) < 4.78 is 54.4. The molecule has 0 radical (unpaired) electrons. The summed E-state index contributed by atoms with van der Waals surface area (Å²) in [6.45, 7) is 3.14. The first-order chi connectivity index (χ1) is 8.34. The maximum Gasteiger partial charge on any atom is 0.188 e. The second-order valence-electron chi connectivity index (χ2n) is 3.76. The van der Waals surface area contributed by atoms with E-state index in [4.69, 9.17) is 0 Å². The minimum atomic E-state index is -1.45. The predicted octanol–water partition coefficient (Wildman–Crippen LogP) is 3.65. The average molecular weight is 370 g/mol. The minimum absolute atomic E-state index is 0.380. The van der Waals surface area contributed by atoms with E-state index < -0.39 is 32.5 Å². The van der Waals surface area contributed by atoms with Crippen LogP contribution in [0.5, 0.6) is 0 Å². The Kier molecular flexibility index (Phi) is 3.35. The van der Waals surface area contributed by atoms with Crippen LogP contribution in [0.3, 0.4) is 0 Å². The van der Waals surface area contributed by atoms with Crippen molar-refractivity contribution in [1.82, 2.24) is 9.78 Å². The van der Waals surface area contributed by atoms with Gasteiger partial charge in [0.1, 0.15) is 5.69 Å². The molecule has 0 unspecified atom stereocenters. The van der Waals surface area contributed by atoms with Gasteiger partial charge in [0.05, 0.1) is 9.26 Å². The summed E-state index contributed by atoms with van der Waals surface area (Å²) in [5, 5.41) is 3.81. The molecule has 0 bridgehead atoms. The molecule has 1 aromatic carbocycles. The number of hydrogen-bond donors (Lipinski definition) is 0. The van der Waals surface area contributed by atoms with Gasteiger partial charge in [-0.05, 0) is 42.5 Å². The summed E-state index contributed by atoms with van der Waals surface area (Å²) in [6.07, 6.45) is 0. The highest BCUT2D eigenvalue weighted by molar-refractivity contribution is 14.1. The molecule has 7 heteroatoms. The Morgan fingerprint density at radius 3 is 1.89 bits per heavy atom. The number of benzene rings is 1. The predicted molar refractivity (Wildman–Crippen MR) is 65.6 cm³/mol. The zero-order valence-electron chi connectivity index (χ0n) is 9.36. The van der Waals surface area contributed by atoms with Crippen LogP contribution in [0.15, 0.2) is 6.07 Å². The van der Waals surface area contributed by atoms with E-state index in [0.29, 0.717) is 11.4 Å². The lowest BCUT2D eigenvalue weighted by atomic mass is 10.2. The Balaban J connectivity index is 2.84. The van der Waals surface area contributed by atoms with E-state index in [1.165, 1.54) is 29.5 Å². The van der Waals surface area contributed by atoms with Gasteiger partial charge >= 0.3 is 0 Å². The summed E-state index contributed by atoms with van der Waals surface area (Å²) in [5.74, 6) is -5.75. The number of aryl methyl sites for hydroxylation is 2. The van der Waals surface area contributed by atoms with Crippen molar-refractivity contribution < 1.29 is 17.6 Å². The highest BCUT2D eigenvalue weighted by Crippen LogP contribution is 2.28. The third-order valence-electron chi connectivity index (χ3n) is 2.41. The third-order valence-corrected chi connectivity index (χ3v) is 3.36. The topological polar surface area (TPSA) is 17.8 Å². The van der Waals surface area contributed by atoms with Crippen molar-refractivity contribution in [3.05, 3.63) is 44.3 Å². The normalized spacial score (nSPS) is 11.1. The van der Waals surface area contributed by atoms with Crippen LogP contribution < -0.4 is 0 Å². The standard InChI is InChI=1S/C11H7F4IN2/c1-4-3-5(2)18(17-4)11-8(14)6(12)10(16)7(13)9(11)15/h3H,1-2H3. The number of hydrogen-bond acceptors (Lipinski definition) is 1. The lowest BCUT2D eigenvalue weighted by Crippen LogP contribution is -2.11.